The molecule has 0 radical (unpaired) electrons. The molecule has 86 valence electrons. The Balaban J connectivity index is 2.83. The Bertz CT molecular complexity index is 427. The van der Waals surface area contributed by atoms with Crippen LogP contribution in [0.2, 0.25) is 0 Å². The van der Waals surface area contributed by atoms with E-state index < -0.39 is 5.97 Å². The first-order chi connectivity index (χ1) is 7.54. The van der Waals surface area contributed by atoms with E-state index in [1.54, 1.807) is 0 Å². The predicted molar refractivity (Wildman–Crippen MR) is 68.0 cm³/mol. The molecule has 0 amide bonds. The van der Waals surface area contributed by atoms with E-state index >= 15 is 0 Å². The Morgan fingerprint density at radius 1 is 1.50 bits per heavy atom. The number of nitrogens with zero attached hydrogens (tertiary/aromatic N) is 1. The van der Waals surface area contributed by atoms with Crippen LogP contribution in [0.15, 0.2) is 27.7 Å². The Morgan fingerprint density at radius 3 is 2.75 bits per heavy atom. The van der Waals surface area contributed by atoms with Crippen LogP contribution >= 0.6 is 15.9 Å². The van der Waals surface area contributed by atoms with Crippen molar-refractivity contribution in [3.63, 3.8) is 0 Å². The topological polar surface area (TPSA) is 49.7 Å². The van der Waals surface area contributed by atoms with E-state index in [1.807, 2.05) is 18.2 Å². The highest BCUT2D eigenvalue weighted by molar-refractivity contribution is 9.10. The van der Waals surface area contributed by atoms with Gasteiger partial charge < -0.3 is 5.11 Å². The van der Waals surface area contributed by atoms with Crippen molar-refractivity contribution in [2.24, 2.45) is 4.99 Å². The lowest BCUT2D eigenvalue weighted by atomic mass is 10.1. The summed E-state index contributed by atoms with van der Waals surface area (Å²) >= 11 is 3.46. The van der Waals surface area contributed by atoms with Crippen LogP contribution in [0.25, 0.3) is 0 Å². The summed E-state index contributed by atoms with van der Waals surface area (Å²) in [5, 5.41) is 8.67. The number of aryl methyl sites for hydroxylation is 1. The van der Waals surface area contributed by atoms with Crippen molar-refractivity contribution in [1.29, 1.82) is 0 Å². The van der Waals surface area contributed by atoms with Gasteiger partial charge in [0.05, 0.1) is 6.54 Å². The van der Waals surface area contributed by atoms with Crippen molar-refractivity contribution in [2.45, 2.75) is 26.8 Å². The maximum atomic E-state index is 10.6. The van der Waals surface area contributed by atoms with Crippen LogP contribution in [0.4, 0.5) is 0 Å². The van der Waals surface area contributed by atoms with Gasteiger partial charge in [0.25, 0.3) is 0 Å². The summed E-state index contributed by atoms with van der Waals surface area (Å²) in [5.41, 5.74) is 2.38. The summed E-state index contributed by atoms with van der Waals surface area (Å²) in [6.07, 6.45) is 0.941. The number of hydrogen-bond acceptors (Lipinski definition) is 2. The van der Waals surface area contributed by atoms with E-state index in [2.05, 4.69) is 27.8 Å². The number of rotatable bonds is 4. The zero-order valence-corrected chi connectivity index (χ0v) is 10.9. The average molecular weight is 284 g/mol. The second-order valence-electron chi connectivity index (χ2n) is 3.49. The second kappa shape index (κ2) is 5.80. The SMILES string of the molecule is CCc1cc(CN=C(C)C(=O)O)ccc1Br. The highest BCUT2D eigenvalue weighted by Crippen LogP contribution is 2.19. The van der Waals surface area contributed by atoms with Gasteiger partial charge in [0.1, 0.15) is 5.71 Å². The van der Waals surface area contributed by atoms with Crippen molar-refractivity contribution in [2.75, 3.05) is 0 Å². The summed E-state index contributed by atoms with van der Waals surface area (Å²) in [7, 11) is 0. The zero-order valence-electron chi connectivity index (χ0n) is 9.33. The number of aliphatic imine (C=N–C) groups is 1. The molecule has 1 rings (SSSR count). The molecule has 0 bridgehead atoms. The maximum absolute atomic E-state index is 10.6. The van der Waals surface area contributed by atoms with Crippen LogP contribution in [0.3, 0.4) is 0 Å². The molecule has 0 spiro atoms. The van der Waals surface area contributed by atoms with Gasteiger partial charge in [-0.05, 0) is 30.5 Å². The summed E-state index contributed by atoms with van der Waals surface area (Å²) in [4.78, 5) is 14.6. The van der Waals surface area contributed by atoms with Gasteiger partial charge in [-0.15, -0.1) is 0 Å². The quantitative estimate of drug-likeness (QED) is 0.864. The Morgan fingerprint density at radius 2 is 2.19 bits per heavy atom. The molecule has 0 aliphatic heterocycles. The first-order valence-corrected chi connectivity index (χ1v) is 5.85. The van der Waals surface area contributed by atoms with E-state index in [1.165, 1.54) is 12.5 Å². The minimum Gasteiger partial charge on any atom is -0.477 e. The number of halogens is 1. The van der Waals surface area contributed by atoms with Crippen LogP contribution in [0.1, 0.15) is 25.0 Å². The molecule has 1 aromatic rings. The van der Waals surface area contributed by atoms with Gasteiger partial charge in [-0.1, -0.05) is 35.0 Å². The van der Waals surface area contributed by atoms with Crippen LogP contribution in [-0.2, 0) is 17.8 Å². The molecule has 0 atom stereocenters. The third kappa shape index (κ3) is 3.45. The Hall–Kier alpha value is -1.16. The van der Waals surface area contributed by atoms with Gasteiger partial charge in [-0.3, -0.25) is 4.99 Å². The van der Waals surface area contributed by atoms with E-state index in [0.29, 0.717) is 6.54 Å². The van der Waals surface area contributed by atoms with Crippen molar-refractivity contribution < 1.29 is 9.90 Å². The number of hydrogen-bond donors (Lipinski definition) is 1. The van der Waals surface area contributed by atoms with Gasteiger partial charge in [0, 0.05) is 4.47 Å². The largest absolute Gasteiger partial charge is 0.477 e. The van der Waals surface area contributed by atoms with E-state index in [9.17, 15) is 4.79 Å². The van der Waals surface area contributed by atoms with Crippen molar-refractivity contribution in [3.8, 4) is 0 Å². The number of carbonyl (C=O) groups is 1. The molecule has 0 aliphatic carbocycles. The third-order valence-electron chi connectivity index (χ3n) is 2.30. The van der Waals surface area contributed by atoms with Gasteiger partial charge >= 0.3 is 5.97 Å². The molecule has 0 unspecified atom stereocenters. The molecular weight excluding hydrogens is 270 g/mol. The van der Waals surface area contributed by atoms with E-state index in [4.69, 9.17) is 5.11 Å². The number of carboxylic acid groups (broad SMARTS) is 1. The molecule has 3 nitrogen and oxygen atoms in total. The minimum absolute atomic E-state index is 0.140. The average Bonchev–Trinajstić information content (AvgIpc) is 2.27. The summed E-state index contributed by atoms with van der Waals surface area (Å²) in [5.74, 6) is -0.965. The normalized spacial score (nSPS) is 11.6. The third-order valence-corrected chi connectivity index (χ3v) is 3.07. The smallest absolute Gasteiger partial charge is 0.349 e. The highest BCUT2D eigenvalue weighted by Gasteiger charge is 2.02. The predicted octanol–water partition coefficient (Wildman–Crippen LogP) is 3.06. The molecular formula is C12H14BrNO2. The standard InChI is InChI=1S/C12H14BrNO2/c1-3-10-6-9(4-5-11(10)13)7-14-8(2)12(15)16/h4-6H,3,7H2,1-2H3,(H,15,16). The molecule has 1 N–H and O–H groups in total. The van der Waals surface area contributed by atoms with Gasteiger partial charge in [-0.25, -0.2) is 4.79 Å². The fourth-order valence-electron chi connectivity index (χ4n) is 1.27. The molecule has 1 aromatic carbocycles. The van der Waals surface area contributed by atoms with Crippen molar-refractivity contribution >= 4 is 27.6 Å². The minimum atomic E-state index is -0.965. The second-order valence-corrected chi connectivity index (χ2v) is 4.34. The fourth-order valence-corrected chi connectivity index (χ4v) is 1.80. The summed E-state index contributed by atoms with van der Waals surface area (Å²) < 4.78 is 1.08. The van der Waals surface area contributed by atoms with E-state index in [0.717, 1.165) is 16.5 Å². The monoisotopic (exact) mass is 283 g/mol. The zero-order chi connectivity index (χ0) is 12.1. The molecule has 0 fully saturated rings. The molecule has 0 saturated heterocycles. The number of carboxylic acids is 1. The van der Waals surface area contributed by atoms with Crippen LogP contribution in [-0.4, -0.2) is 16.8 Å². The first kappa shape index (κ1) is 12.9. The van der Waals surface area contributed by atoms with Crippen LogP contribution < -0.4 is 0 Å². The number of benzene rings is 1. The molecule has 0 aliphatic rings. The van der Waals surface area contributed by atoms with Crippen LogP contribution in [0, 0.1) is 0 Å². The summed E-state index contributed by atoms with van der Waals surface area (Å²) in [6.45, 7) is 4.00. The lowest BCUT2D eigenvalue weighted by Gasteiger charge is -2.04. The van der Waals surface area contributed by atoms with Gasteiger partial charge in [0.2, 0.25) is 0 Å². The maximum Gasteiger partial charge on any atom is 0.349 e. The number of aliphatic carboxylic acids is 1. The van der Waals surface area contributed by atoms with Crippen molar-refractivity contribution in [1.82, 2.24) is 0 Å². The molecule has 0 heterocycles. The van der Waals surface area contributed by atoms with E-state index in [-0.39, 0.29) is 5.71 Å². The lowest BCUT2D eigenvalue weighted by Crippen LogP contribution is -2.08. The first-order valence-electron chi connectivity index (χ1n) is 5.06. The fraction of sp³-hybridized carbons (Fsp3) is 0.333. The molecule has 0 saturated carbocycles. The van der Waals surface area contributed by atoms with Gasteiger partial charge in [-0.2, -0.15) is 0 Å². The highest BCUT2D eigenvalue weighted by atomic mass is 79.9. The molecule has 0 aromatic heterocycles. The molecule has 16 heavy (non-hydrogen) atoms. The van der Waals surface area contributed by atoms with Crippen LogP contribution in [0.5, 0.6) is 0 Å². The van der Waals surface area contributed by atoms with Gasteiger partial charge in [0.15, 0.2) is 0 Å². The lowest BCUT2D eigenvalue weighted by molar-refractivity contribution is -0.129. The molecule has 4 heteroatoms. The Kier molecular flexibility index (Phi) is 4.68. The summed E-state index contributed by atoms with van der Waals surface area (Å²) in [6, 6.07) is 5.96. The Labute approximate surface area is 103 Å². The van der Waals surface area contributed by atoms with Crippen molar-refractivity contribution in [3.05, 3.63) is 33.8 Å².